The zero-order valence-electron chi connectivity index (χ0n) is 12.0. The van der Waals surface area contributed by atoms with Crippen molar-refractivity contribution in [2.45, 2.75) is 51.9 Å². The molecule has 20 heavy (non-hydrogen) atoms. The van der Waals surface area contributed by atoms with Crippen molar-refractivity contribution in [1.29, 1.82) is 0 Å². The van der Waals surface area contributed by atoms with Gasteiger partial charge in [-0.05, 0) is 29.7 Å². The number of rotatable bonds is 8. The average molecular weight is 274 g/mol. The van der Waals surface area contributed by atoms with Crippen LogP contribution < -0.4 is 4.90 Å². The molecular formula is C16H22N2O2. The van der Waals surface area contributed by atoms with E-state index in [1.54, 1.807) is 0 Å². The van der Waals surface area contributed by atoms with Crippen LogP contribution in [-0.2, 0) is 19.3 Å². The maximum absolute atomic E-state index is 11.6. The molecule has 0 spiro atoms. The molecule has 4 nitrogen and oxygen atoms in total. The van der Waals surface area contributed by atoms with Crippen molar-refractivity contribution >= 4 is 0 Å². The molecule has 0 aliphatic rings. The zero-order chi connectivity index (χ0) is 14.2. The molecule has 0 aliphatic carbocycles. The van der Waals surface area contributed by atoms with Gasteiger partial charge in [-0.1, -0.05) is 50.1 Å². The molecule has 0 fully saturated rings. The van der Waals surface area contributed by atoms with Crippen LogP contribution in [0.25, 0.3) is 0 Å². The highest BCUT2D eigenvalue weighted by atomic mass is 16.8. The standard InChI is InChI=1S/C16H22N2O2/c1-2-3-5-12-15-16(18(19)20-17-15)13-8-11-14-9-6-4-7-10-14/h4,6-7,9-10H,2-3,5,8,11-13H2,1H3. The number of hydrogen-bond acceptors (Lipinski definition) is 3. The fraction of sp³-hybridized carbons (Fsp3) is 0.500. The third-order valence-electron chi connectivity index (χ3n) is 3.52. The quantitative estimate of drug-likeness (QED) is 0.548. The molecule has 0 saturated heterocycles. The Kier molecular flexibility index (Phi) is 5.59. The Hall–Kier alpha value is -1.84. The molecule has 0 saturated carbocycles. The van der Waals surface area contributed by atoms with Crippen LogP contribution in [-0.4, -0.2) is 5.16 Å². The second-order valence-corrected chi connectivity index (χ2v) is 5.12. The number of benzene rings is 1. The summed E-state index contributed by atoms with van der Waals surface area (Å²) in [4.78, 5) is 0.576. The number of nitrogens with zero attached hydrogens (tertiary/aromatic N) is 2. The molecule has 2 aromatic rings. The van der Waals surface area contributed by atoms with Crippen LogP contribution in [0.5, 0.6) is 0 Å². The first kappa shape index (κ1) is 14.6. The lowest BCUT2D eigenvalue weighted by atomic mass is 10.0. The zero-order valence-corrected chi connectivity index (χ0v) is 12.0. The van der Waals surface area contributed by atoms with E-state index >= 15 is 0 Å². The Bertz CT molecular complexity index is 508. The summed E-state index contributed by atoms with van der Waals surface area (Å²) in [5.74, 6) is 0. The van der Waals surface area contributed by atoms with Crippen LogP contribution in [0, 0.1) is 5.21 Å². The van der Waals surface area contributed by atoms with E-state index in [1.165, 1.54) is 12.0 Å². The second kappa shape index (κ2) is 7.68. The van der Waals surface area contributed by atoms with Gasteiger partial charge < -0.3 is 5.21 Å². The fourth-order valence-corrected chi connectivity index (χ4v) is 2.37. The van der Waals surface area contributed by atoms with Gasteiger partial charge >= 0.3 is 0 Å². The number of aromatic nitrogens is 2. The van der Waals surface area contributed by atoms with Crippen LogP contribution in [0.3, 0.4) is 0 Å². The Morgan fingerprint density at radius 2 is 1.85 bits per heavy atom. The maximum Gasteiger partial charge on any atom is 0.221 e. The third-order valence-corrected chi connectivity index (χ3v) is 3.52. The van der Waals surface area contributed by atoms with Crippen molar-refractivity contribution in [3.63, 3.8) is 0 Å². The summed E-state index contributed by atoms with van der Waals surface area (Å²) >= 11 is 0. The van der Waals surface area contributed by atoms with E-state index in [1.807, 2.05) is 18.2 Å². The highest BCUT2D eigenvalue weighted by Gasteiger charge is 2.17. The van der Waals surface area contributed by atoms with Gasteiger partial charge in [0, 0.05) is 18.0 Å². The lowest BCUT2D eigenvalue weighted by molar-refractivity contribution is -0.808. The van der Waals surface area contributed by atoms with Gasteiger partial charge in [0.05, 0.1) is 0 Å². The summed E-state index contributed by atoms with van der Waals surface area (Å²) in [6.07, 6.45) is 6.87. The van der Waals surface area contributed by atoms with Crippen molar-refractivity contribution in [3.05, 3.63) is 52.5 Å². The number of hydrogen-bond donors (Lipinski definition) is 0. The van der Waals surface area contributed by atoms with Crippen molar-refractivity contribution in [2.75, 3.05) is 0 Å². The van der Waals surface area contributed by atoms with Crippen molar-refractivity contribution < 1.29 is 9.53 Å². The minimum atomic E-state index is 0.576. The lowest BCUT2D eigenvalue weighted by Gasteiger charge is -2.01. The van der Waals surface area contributed by atoms with E-state index in [-0.39, 0.29) is 0 Å². The van der Waals surface area contributed by atoms with Gasteiger partial charge in [0.15, 0.2) is 5.69 Å². The van der Waals surface area contributed by atoms with Crippen molar-refractivity contribution in [2.24, 2.45) is 0 Å². The molecule has 0 bridgehead atoms. The third kappa shape index (κ3) is 4.08. The molecule has 0 N–H and O–H groups in total. The van der Waals surface area contributed by atoms with Crippen LogP contribution in [0.2, 0.25) is 0 Å². The van der Waals surface area contributed by atoms with Gasteiger partial charge in [0.1, 0.15) is 0 Å². The van der Waals surface area contributed by atoms with E-state index in [4.69, 9.17) is 4.63 Å². The van der Waals surface area contributed by atoms with Crippen LogP contribution in [0.1, 0.15) is 49.6 Å². The highest BCUT2D eigenvalue weighted by Crippen LogP contribution is 2.11. The van der Waals surface area contributed by atoms with Gasteiger partial charge in [0.25, 0.3) is 0 Å². The summed E-state index contributed by atoms with van der Waals surface area (Å²) in [5.41, 5.74) is 2.84. The van der Waals surface area contributed by atoms with Gasteiger partial charge in [-0.3, -0.25) is 4.63 Å². The minimum Gasteiger partial charge on any atom is -0.359 e. The maximum atomic E-state index is 11.6. The van der Waals surface area contributed by atoms with Gasteiger partial charge in [-0.2, -0.15) is 0 Å². The molecule has 108 valence electrons. The fourth-order valence-electron chi connectivity index (χ4n) is 2.37. The largest absolute Gasteiger partial charge is 0.359 e. The highest BCUT2D eigenvalue weighted by molar-refractivity contribution is 5.15. The molecule has 0 amide bonds. The summed E-state index contributed by atoms with van der Waals surface area (Å²) in [7, 11) is 0. The molecule has 1 aromatic heterocycles. The predicted octanol–water partition coefficient (Wildman–Crippen LogP) is 3.22. The molecule has 2 rings (SSSR count). The van der Waals surface area contributed by atoms with Crippen LogP contribution in [0.15, 0.2) is 35.0 Å². The van der Waals surface area contributed by atoms with Crippen LogP contribution in [0.4, 0.5) is 0 Å². The Morgan fingerprint density at radius 1 is 1.05 bits per heavy atom. The molecule has 1 heterocycles. The first-order chi connectivity index (χ1) is 9.81. The SMILES string of the molecule is CCCCCc1no[n+]([O-])c1CCCc1ccccc1. The first-order valence-corrected chi connectivity index (χ1v) is 7.42. The normalized spacial score (nSPS) is 10.8. The average Bonchev–Trinajstić information content (AvgIpc) is 2.82. The predicted molar refractivity (Wildman–Crippen MR) is 77.2 cm³/mol. The van der Waals surface area contributed by atoms with Crippen molar-refractivity contribution in [1.82, 2.24) is 5.16 Å². The second-order valence-electron chi connectivity index (χ2n) is 5.12. The van der Waals surface area contributed by atoms with Gasteiger partial charge in [0.2, 0.25) is 5.69 Å². The number of aryl methyl sites for hydroxylation is 2. The first-order valence-electron chi connectivity index (χ1n) is 7.42. The molecular weight excluding hydrogens is 252 g/mol. The van der Waals surface area contributed by atoms with E-state index in [0.29, 0.717) is 10.6 Å². The summed E-state index contributed by atoms with van der Waals surface area (Å²) in [6, 6.07) is 10.3. The summed E-state index contributed by atoms with van der Waals surface area (Å²) < 4.78 is 4.74. The van der Waals surface area contributed by atoms with E-state index < -0.39 is 0 Å². The molecule has 0 aliphatic heterocycles. The molecule has 0 unspecified atom stereocenters. The summed E-state index contributed by atoms with van der Waals surface area (Å²) in [6.45, 7) is 2.16. The number of unbranched alkanes of at least 4 members (excludes halogenated alkanes) is 2. The Labute approximate surface area is 120 Å². The van der Waals surface area contributed by atoms with E-state index in [9.17, 15) is 5.21 Å². The Balaban J connectivity index is 1.87. The van der Waals surface area contributed by atoms with Gasteiger partial charge in [-0.25, -0.2) is 0 Å². The topological polar surface area (TPSA) is 53.0 Å². The molecule has 0 radical (unpaired) electrons. The minimum absolute atomic E-state index is 0.576. The van der Waals surface area contributed by atoms with E-state index in [2.05, 4.69) is 24.2 Å². The van der Waals surface area contributed by atoms with E-state index in [0.717, 1.165) is 44.2 Å². The molecule has 1 aromatic carbocycles. The Morgan fingerprint density at radius 3 is 2.60 bits per heavy atom. The molecule has 4 heteroatoms. The smallest absolute Gasteiger partial charge is 0.221 e. The van der Waals surface area contributed by atoms with Crippen LogP contribution >= 0.6 is 0 Å². The van der Waals surface area contributed by atoms with Crippen molar-refractivity contribution in [3.8, 4) is 0 Å². The molecule has 0 atom stereocenters. The lowest BCUT2D eigenvalue weighted by Crippen LogP contribution is -2.28. The monoisotopic (exact) mass is 274 g/mol. The summed E-state index contributed by atoms with van der Waals surface area (Å²) in [5, 5.41) is 15.5. The van der Waals surface area contributed by atoms with Gasteiger partial charge in [-0.15, -0.1) is 0 Å².